The molecule has 1 aliphatic rings. The van der Waals surface area contributed by atoms with E-state index in [2.05, 4.69) is 15.4 Å². The van der Waals surface area contributed by atoms with Gasteiger partial charge in [-0.15, -0.1) is 0 Å². The number of hydrogen-bond acceptors (Lipinski definition) is 3. The van der Waals surface area contributed by atoms with Crippen LogP contribution in [0.1, 0.15) is 6.04 Å². The second-order valence-corrected chi connectivity index (χ2v) is 4.04. The molecular formula is C9H9ClN4O. The Kier molecular flexibility index (Phi) is 1.83. The maximum atomic E-state index is 11.6. The maximum Gasteiger partial charge on any atom is 0.211 e. The van der Waals surface area contributed by atoms with Gasteiger partial charge in [0.05, 0.1) is 17.6 Å². The van der Waals surface area contributed by atoms with Gasteiger partial charge in [-0.1, -0.05) is 11.6 Å². The van der Waals surface area contributed by atoms with Gasteiger partial charge < -0.3 is 10.3 Å². The van der Waals surface area contributed by atoms with E-state index in [1.165, 1.54) is 6.20 Å². The molecule has 3 rings (SSSR count). The van der Waals surface area contributed by atoms with Gasteiger partial charge in [-0.05, 0) is 0 Å². The van der Waals surface area contributed by atoms with E-state index in [0.717, 1.165) is 18.7 Å². The standard InChI is InChI=1S/C9H9ClN4O/c10-7-4-12-9-6(8(7)15)3-13-14(9)5-1-11-2-5/h3-5,11H,1-2H2,(H,12,15). The van der Waals surface area contributed by atoms with Crippen LogP contribution in [0.4, 0.5) is 0 Å². The number of fused-ring (bicyclic) bond motifs is 1. The fourth-order valence-corrected chi connectivity index (χ4v) is 1.88. The van der Waals surface area contributed by atoms with E-state index in [1.54, 1.807) is 6.20 Å². The molecule has 0 aliphatic carbocycles. The molecule has 3 heterocycles. The van der Waals surface area contributed by atoms with Gasteiger partial charge in [-0.2, -0.15) is 5.10 Å². The van der Waals surface area contributed by atoms with Crippen molar-refractivity contribution >= 4 is 22.6 Å². The van der Waals surface area contributed by atoms with Gasteiger partial charge in [0.25, 0.3) is 0 Å². The minimum Gasteiger partial charge on any atom is -0.345 e. The normalized spacial score (nSPS) is 16.9. The summed E-state index contributed by atoms with van der Waals surface area (Å²) < 4.78 is 1.84. The van der Waals surface area contributed by atoms with Crippen LogP contribution in [-0.4, -0.2) is 27.9 Å². The lowest BCUT2D eigenvalue weighted by atomic mass is 10.2. The predicted molar refractivity (Wildman–Crippen MR) is 57.3 cm³/mol. The van der Waals surface area contributed by atoms with E-state index in [4.69, 9.17) is 11.6 Å². The molecule has 0 bridgehead atoms. The number of H-pyrrole nitrogens is 1. The van der Waals surface area contributed by atoms with Crippen molar-refractivity contribution in [1.29, 1.82) is 0 Å². The summed E-state index contributed by atoms with van der Waals surface area (Å²) in [5.74, 6) is 0. The summed E-state index contributed by atoms with van der Waals surface area (Å²) in [5.41, 5.74) is 0.583. The first kappa shape index (κ1) is 8.94. The van der Waals surface area contributed by atoms with Crippen LogP contribution in [-0.2, 0) is 0 Å². The number of nitrogens with zero attached hydrogens (tertiary/aromatic N) is 2. The lowest BCUT2D eigenvalue weighted by Crippen LogP contribution is -2.43. The Morgan fingerprint density at radius 2 is 2.33 bits per heavy atom. The van der Waals surface area contributed by atoms with Crippen LogP contribution in [0.25, 0.3) is 11.0 Å². The summed E-state index contributed by atoms with van der Waals surface area (Å²) in [5, 5.41) is 8.12. The smallest absolute Gasteiger partial charge is 0.211 e. The molecule has 2 aromatic heterocycles. The number of aromatic nitrogens is 3. The van der Waals surface area contributed by atoms with E-state index in [0.29, 0.717) is 11.4 Å². The lowest BCUT2D eigenvalue weighted by Gasteiger charge is -2.27. The second kappa shape index (κ2) is 3.08. The molecule has 2 aromatic rings. The van der Waals surface area contributed by atoms with Crippen LogP contribution in [0.3, 0.4) is 0 Å². The zero-order valence-electron chi connectivity index (χ0n) is 7.83. The van der Waals surface area contributed by atoms with E-state index >= 15 is 0 Å². The summed E-state index contributed by atoms with van der Waals surface area (Å²) in [6, 6.07) is 0.333. The first-order valence-electron chi connectivity index (χ1n) is 4.72. The molecule has 6 heteroatoms. The number of aromatic amines is 1. The van der Waals surface area contributed by atoms with Crippen molar-refractivity contribution in [2.24, 2.45) is 0 Å². The summed E-state index contributed by atoms with van der Waals surface area (Å²) in [4.78, 5) is 14.6. The number of pyridine rings is 1. The Hall–Kier alpha value is -1.33. The van der Waals surface area contributed by atoms with Crippen molar-refractivity contribution in [2.75, 3.05) is 13.1 Å². The fraction of sp³-hybridized carbons (Fsp3) is 0.333. The van der Waals surface area contributed by atoms with Crippen LogP contribution in [0.2, 0.25) is 5.02 Å². The summed E-state index contributed by atoms with van der Waals surface area (Å²) in [7, 11) is 0. The molecule has 15 heavy (non-hydrogen) atoms. The van der Waals surface area contributed by atoms with Crippen molar-refractivity contribution in [3.8, 4) is 0 Å². The number of nitrogens with one attached hydrogen (secondary N) is 2. The van der Waals surface area contributed by atoms with Crippen LogP contribution < -0.4 is 10.7 Å². The van der Waals surface area contributed by atoms with Crippen molar-refractivity contribution in [3.05, 3.63) is 27.6 Å². The quantitative estimate of drug-likeness (QED) is 0.743. The molecular weight excluding hydrogens is 216 g/mol. The summed E-state index contributed by atoms with van der Waals surface area (Å²) in [6.07, 6.45) is 3.08. The third-order valence-electron chi connectivity index (χ3n) is 2.70. The van der Waals surface area contributed by atoms with E-state index in [1.807, 2.05) is 4.68 Å². The first-order valence-corrected chi connectivity index (χ1v) is 5.10. The molecule has 78 valence electrons. The van der Waals surface area contributed by atoms with Gasteiger partial charge in [-0.25, -0.2) is 4.68 Å². The third-order valence-corrected chi connectivity index (χ3v) is 2.98. The molecule has 2 N–H and O–H groups in total. The highest BCUT2D eigenvalue weighted by atomic mass is 35.5. The molecule has 0 amide bonds. The Bertz CT molecular complexity index is 569. The van der Waals surface area contributed by atoms with Gasteiger partial charge in [0, 0.05) is 19.3 Å². The third kappa shape index (κ3) is 1.20. The molecule has 1 aliphatic heterocycles. The summed E-state index contributed by atoms with van der Waals surface area (Å²) in [6.45, 7) is 1.78. The molecule has 0 saturated carbocycles. The Balaban J connectivity index is 2.26. The minimum atomic E-state index is -0.163. The van der Waals surface area contributed by atoms with Gasteiger partial charge in [-0.3, -0.25) is 4.79 Å². The number of halogens is 1. The van der Waals surface area contributed by atoms with E-state index in [9.17, 15) is 4.79 Å². The zero-order valence-corrected chi connectivity index (χ0v) is 8.58. The molecule has 1 fully saturated rings. The van der Waals surface area contributed by atoms with Crippen LogP contribution in [0, 0.1) is 0 Å². The Labute approximate surface area is 90.0 Å². The largest absolute Gasteiger partial charge is 0.345 e. The van der Waals surface area contributed by atoms with Gasteiger partial charge in [0.2, 0.25) is 5.43 Å². The molecule has 0 unspecified atom stereocenters. The van der Waals surface area contributed by atoms with Gasteiger partial charge in [0.15, 0.2) is 0 Å². The van der Waals surface area contributed by atoms with Crippen LogP contribution >= 0.6 is 11.6 Å². The molecule has 1 saturated heterocycles. The first-order chi connectivity index (χ1) is 7.27. The maximum absolute atomic E-state index is 11.6. The number of rotatable bonds is 1. The second-order valence-electron chi connectivity index (χ2n) is 3.63. The topological polar surface area (TPSA) is 62.7 Å². The van der Waals surface area contributed by atoms with Gasteiger partial charge >= 0.3 is 0 Å². The molecule has 0 spiro atoms. The summed E-state index contributed by atoms with van der Waals surface area (Å²) >= 11 is 5.73. The lowest BCUT2D eigenvalue weighted by molar-refractivity contribution is 0.325. The monoisotopic (exact) mass is 224 g/mol. The SMILES string of the molecule is O=c1c(Cl)c[nH]c2c1cnn2C1CNC1. The van der Waals surface area contributed by atoms with Crippen LogP contribution in [0.5, 0.6) is 0 Å². The molecule has 0 radical (unpaired) electrons. The zero-order chi connectivity index (χ0) is 10.4. The average molecular weight is 225 g/mol. The highest BCUT2D eigenvalue weighted by molar-refractivity contribution is 6.30. The van der Waals surface area contributed by atoms with E-state index < -0.39 is 0 Å². The Morgan fingerprint density at radius 1 is 1.53 bits per heavy atom. The van der Waals surface area contributed by atoms with Crippen molar-refractivity contribution < 1.29 is 0 Å². The number of hydrogen-bond donors (Lipinski definition) is 2. The highest BCUT2D eigenvalue weighted by Crippen LogP contribution is 2.17. The molecule has 0 atom stereocenters. The van der Waals surface area contributed by atoms with Crippen molar-refractivity contribution in [2.45, 2.75) is 6.04 Å². The van der Waals surface area contributed by atoms with E-state index in [-0.39, 0.29) is 10.5 Å². The van der Waals surface area contributed by atoms with Crippen molar-refractivity contribution in [1.82, 2.24) is 20.1 Å². The predicted octanol–water partition coefficient (Wildman–Crippen LogP) is 0.522. The minimum absolute atomic E-state index is 0.163. The highest BCUT2D eigenvalue weighted by Gasteiger charge is 2.22. The van der Waals surface area contributed by atoms with Crippen LogP contribution in [0.15, 0.2) is 17.2 Å². The molecule has 0 aromatic carbocycles. The Morgan fingerprint density at radius 3 is 3.00 bits per heavy atom. The van der Waals surface area contributed by atoms with Gasteiger partial charge in [0.1, 0.15) is 10.7 Å². The fourth-order valence-electron chi connectivity index (χ4n) is 1.72. The van der Waals surface area contributed by atoms with Crippen molar-refractivity contribution in [3.63, 3.8) is 0 Å². The average Bonchev–Trinajstić information content (AvgIpc) is 2.54. The molecule has 5 nitrogen and oxygen atoms in total.